The van der Waals surface area contributed by atoms with Gasteiger partial charge in [0.2, 0.25) is 0 Å². The van der Waals surface area contributed by atoms with Gasteiger partial charge in [0.15, 0.2) is 5.75 Å². The maximum atomic E-state index is 7.54. The molecule has 1 aliphatic heterocycles. The van der Waals surface area contributed by atoms with Crippen LogP contribution in [0.25, 0.3) is 11.1 Å². The molecule has 0 N–H and O–H groups in total. The molecule has 7 aliphatic rings. The Labute approximate surface area is 348 Å². The van der Waals surface area contributed by atoms with E-state index in [1.165, 1.54) is 119 Å². The number of hydrogen-bond acceptors (Lipinski definition) is 2. The van der Waals surface area contributed by atoms with Gasteiger partial charge >= 0.3 is 0 Å². The van der Waals surface area contributed by atoms with E-state index in [2.05, 4.69) is 163 Å². The molecular weight excluding hydrogens is 703 g/mol. The molecule has 5 aromatic rings. The van der Waals surface area contributed by atoms with Crippen LogP contribution in [0.3, 0.4) is 0 Å². The lowest BCUT2D eigenvalue weighted by atomic mass is 9.41. The molecule has 2 nitrogen and oxygen atoms in total. The minimum absolute atomic E-state index is 0.0218. The molecule has 1 spiro atoms. The summed E-state index contributed by atoms with van der Waals surface area (Å²) in [5.41, 5.74) is 15.5. The fourth-order valence-corrected chi connectivity index (χ4v) is 14.0. The van der Waals surface area contributed by atoms with Gasteiger partial charge in [-0.15, -0.1) is 0 Å². The van der Waals surface area contributed by atoms with Crippen molar-refractivity contribution in [1.29, 1.82) is 0 Å². The van der Waals surface area contributed by atoms with Crippen molar-refractivity contribution in [2.45, 2.75) is 140 Å². The fraction of sp³-hybridized carbons (Fsp3) is 0.464. The molecule has 0 atom stereocenters. The van der Waals surface area contributed by atoms with E-state index in [9.17, 15) is 0 Å². The molecule has 0 saturated heterocycles. The van der Waals surface area contributed by atoms with Crippen LogP contribution in [0.1, 0.15) is 147 Å². The predicted octanol–water partition coefficient (Wildman–Crippen LogP) is 15.4. The van der Waals surface area contributed by atoms with Crippen molar-refractivity contribution in [1.82, 2.24) is 0 Å². The highest BCUT2D eigenvalue weighted by Gasteiger charge is 2.61. The zero-order chi connectivity index (χ0) is 40.0. The average molecular weight is 766 g/mol. The molecule has 2 heteroatoms. The van der Waals surface area contributed by atoms with Crippen LogP contribution in [-0.4, -0.2) is 0 Å². The molecule has 0 aromatic heterocycles. The second kappa shape index (κ2) is 12.4. The Bertz CT molecular complexity index is 2430. The van der Waals surface area contributed by atoms with Gasteiger partial charge in [0.1, 0.15) is 5.75 Å². The number of fused-ring (bicyclic) bond motifs is 4. The standard InChI is InChI=1S/C56H63NO/c1-52(2)24-25-54(5,6)45-34-41(21-22-42(45)52)57(47-18-12-16-43-50(47)55(7,8)27-26-53(43,3)4)48-19-13-17-44-51(48)58-49-23-20-38(37-14-10-9-11-15-37)33-46(49)56(44)39-29-35-28-36(31-39)32-40(56)30-35/h9-23,33-36,39-40H,24-32H2,1-8H3. The maximum absolute atomic E-state index is 7.54. The Morgan fingerprint density at radius 2 is 1.07 bits per heavy atom. The van der Waals surface area contributed by atoms with Gasteiger partial charge in [-0.1, -0.05) is 122 Å². The lowest BCUT2D eigenvalue weighted by molar-refractivity contribution is -0.0451. The number of para-hydroxylation sites is 1. The van der Waals surface area contributed by atoms with Crippen LogP contribution in [-0.2, 0) is 27.1 Å². The van der Waals surface area contributed by atoms with Crippen molar-refractivity contribution in [2.24, 2.45) is 23.7 Å². The summed E-state index contributed by atoms with van der Waals surface area (Å²) in [6, 6.07) is 40.2. The van der Waals surface area contributed by atoms with Gasteiger partial charge < -0.3 is 9.64 Å². The quantitative estimate of drug-likeness (QED) is 0.181. The van der Waals surface area contributed by atoms with Crippen LogP contribution >= 0.6 is 0 Å². The third kappa shape index (κ3) is 5.21. The Morgan fingerprint density at radius 1 is 0.466 bits per heavy atom. The Kier molecular flexibility index (Phi) is 7.84. The summed E-state index contributed by atoms with van der Waals surface area (Å²) in [6.45, 7) is 19.7. The van der Waals surface area contributed by atoms with Crippen LogP contribution in [0.5, 0.6) is 11.5 Å². The van der Waals surface area contributed by atoms with E-state index >= 15 is 0 Å². The van der Waals surface area contributed by atoms with E-state index in [0.717, 1.165) is 23.3 Å². The third-order valence-corrected chi connectivity index (χ3v) is 17.0. The van der Waals surface area contributed by atoms with E-state index in [1.807, 2.05) is 0 Å². The molecule has 4 fully saturated rings. The molecule has 0 unspecified atom stereocenters. The summed E-state index contributed by atoms with van der Waals surface area (Å²) in [5, 5.41) is 0. The Morgan fingerprint density at radius 3 is 1.76 bits per heavy atom. The first-order valence-corrected chi connectivity index (χ1v) is 22.8. The van der Waals surface area contributed by atoms with Gasteiger partial charge in [-0.05, 0) is 173 Å². The van der Waals surface area contributed by atoms with E-state index in [0.29, 0.717) is 11.8 Å². The lowest BCUT2D eigenvalue weighted by Crippen LogP contribution is -2.57. The predicted molar refractivity (Wildman–Crippen MR) is 241 cm³/mol. The largest absolute Gasteiger partial charge is 0.455 e. The van der Waals surface area contributed by atoms with Gasteiger partial charge in [0.05, 0.1) is 11.4 Å². The molecule has 4 bridgehead atoms. The zero-order valence-electron chi connectivity index (χ0n) is 36.3. The van der Waals surface area contributed by atoms with Crippen LogP contribution in [0.4, 0.5) is 17.1 Å². The Hall–Kier alpha value is -4.30. The molecule has 0 radical (unpaired) electrons. The second-order valence-corrected chi connectivity index (χ2v) is 22.3. The lowest BCUT2D eigenvalue weighted by Gasteiger charge is -2.63. The number of benzene rings is 5. The van der Waals surface area contributed by atoms with Gasteiger partial charge in [0, 0.05) is 22.2 Å². The summed E-state index contributed by atoms with van der Waals surface area (Å²) in [6.07, 6.45) is 11.5. The first-order valence-electron chi connectivity index (χ1n) is 22.8. The molecule has 298 valence electrons. The number of hydrogen-bond donors (Lipinski definition) is 0. The topological polar surface area (TPSA) is 12.5 Å². The summed E-state index contributed by atoms with van der Waals surface area (Å²) >= 11 is 0. The average Bonchev–Trinajstić information content (AvgIpc) is 3.20. The van der Waals surface area contributed by atoms with Crippen LogP contribution in [0, 0.1) is 23.7 Å². The van der Waals surface area contributed by atoms with E-state index in [-0.39, 0.29) is 27.1 Å². The van der Waals surface area contributed by atoms with Gasteiger partial charge in [0.25, 0.3) is 0 Å². The van der Waals surface area contributed by atoms with Crippen molar-refractivity contribution >= 4 is 17.1 Å². The monoisotopic (exact) mass is 765 g/mol. The molecule has 6 aliphatic carbocycles. The van der Waals surface area contributed by atoms with Crippen molar-refractivity contribution in [3.8, 4) is 22.6 Å². The van der Waals surface area contributed by atoms with Crippen molar-refractivity contribution in [3.63, 3.8) is 0 Å². The molecule has 4 saturated carbocycles. The van der Waals surface area contributed by atoms with E-state index in [1.54, 1.807) is 0 Å². The van der Waals surface area contributed by atoms with Gasteiger partial charge in [-0.2, -0.15) is 0 Å². The zero-order valence-corrected chi connectivity index (χ0v) is 36.3. The first-order chi connectivity index (χ1) is 27.7. The molecule has 1 heterocycles. The highest BCUT2D eigenvalue weighted by Crippen LogP contribution is 2.70. The van der Waals surface area contributed by atoms with Gasteiger partial charge in [-0.25, -0.2) is 0 Å². The highest BCUT2D eigenvalue weighted by atomic mass is 16.5. The Balaban J connectivity index is 1.19. The SMILES string of the molecule is CC1(C)CCC(C)(C)c2cc(N(c3cccc4c3Oc3ccc(-c5ccccc5)cc3C43C4CC5CC(C4)CC3C5)c3cccc4c3C(C)(C)CCC4(C)C)ccc21. The number of rotatable bonds is 4. The van der Waals surface area contributed by atoms with Crippen molar-refractivity contribution in [2.75, 3.05) is 4.90 Å². The highest BCUT2D eigenvalue weighted by molar-refractivity contribution is 5.86. The van der Waals surface area contributed by atoms with E-state index < -0.39 is 0 Å². The molecule has 5 aromatic carbocycles. The second-order valence-electron chi connectivity index (χ2n) is 22.3. The van der Waals surface area contributed by atoms with Crippen LogP contribution in [0.15, 0.2) is 103 Å². The first kappa shape index (κ1) is 36.8. The molecule has 0 amide bonds. The smallest absolute Gasteiger partial charge is 0.155 e. The summed E-state index contributed by atoms with van der Waals surface area (Å²) in [7, 11) is 0. The van der Waals surface area contributed by atoms with Crippen molar-refractivity contribution in [3.05, 3.63) is 137 Å². The van der Waals surface area contributed by atoms with E-state index in [4.69, 9.17) is 4.74 Å². The summed E-state index contributed by atoms with van der Waals surface area (Å²) < 4.78 is 7.54. The van der Waals surface area contributed by atoms with Crippen LogP contribution < -0.4 is 9.64 Å². The number of anilines is 3. The minimum atomic E-state index is -0.0674. The van der Waals surface area contributed by atoms with Crippen molar-refractivity contribution < 1.29 is 4.74 Å². The minimum Gasteiger partial charge on any atom is -0.455 e. The fourth-order valence-electron chi connectivity index (χ4n) is 14.0. The normalized spacial score (nSPS) is 28.5. The third-order valence-electron chi connectivity index (χ3n) is 17.0. The summed E-state index contributed by atoms with van der Waals surface area (Å²) in [5.74, 6) is 5.12. The molecule has 58 heavy (non-hydrogen) atoms. The number of nitrogens with zero attached hydrogens (tertiary/aromatic N) is 1. The molecular formula is C56H63NO. The summed E-state index contributed by atoms with van der Waals surface area (Å²) in [4.78, 5) is 2.66. The molecule has 12 rings (SSSR count). The maximum Gasteiger partial charge on any atom is 0.155 e. The van der Waals surface area contributed by atoms with Gasteiger partial charge in [-0.3, -0.25) is 0 Å². The number of ether oxygens (including phenoxy) is 1. The van der Waals surface area contributed by atoms with Crippen LogP contribution in [0.2, 0.25) is 0 Å².